The van der Waals surface area contributed by atoms with Crippen molar-refractivity contribution in [2.24, 2.45) is 0 Å². The fourth-order valence-corrected chi connectivity index (χ4v) is 3.10. The van der Waals surface area contributed by atoms with Gasteiger partial charge in [-0.15, -0.1) is 0 Å². The molecule has 5 rings (SSSR count). The molecule has 1 N–H and O–H groups in total. The SMILES string of the molecule is Cc1nc2ccc(Nc3nc(-c4ccncc4)cc4ncccc34)cc2o1. The minimum atomic E-state index is 0.648. The molecule has 0 aliphatic heterocycles. The number of benzene rings is 1. The average molecular weight is 353 g/mol. The van der Waals surface area contributed by atoms with Crippen molar-refractivity contribution in [3.63, 3.8) is 0 Å². The first-order valence-corrected chi connectivity index (χ1v) is 8.57. The monoisotopic (exact) mass is 353 g/mol. The highest BCUT2D eigenvalue weighted by Gasteiger charge is 2.10. The zero-order valence-electron chi connectivity index (χ0n) is 14.5. The minimum Gasteiger partial charge on any atom is -0.441 e. The van der Waals surface area contributed by atoms with Crippen LogP contribution < -0.4 is 5.32 Å². The molecule has 5 aromatic rings. The van der Waals surface area contributed by atoms with Crippen molar-refractivity contribution in [2.45, 2.75) is 6.92 Å². The lowest BCUT2D eigenvalue weighted by molar-refractivity contribution is 0.561. The Labute approximate surface area is 154 Å². The molecule has 4 heterocycles. The third-order valence-electron chi connectivity index (χ3n) is 4.33. The number of oxazole rings is 1. The number of aromatic nitrogens is 4. The van der Waals surface area contributed by atoms with Gasteiger partial charge in [0.1, 0.15) is 11.3 Å². The molecule has 0 unspecified atom stereocenters. The fraction of sp³-hybridized carbons (Fsp3) is 0.0476. The number of hydrogen-bond acceptors (Lipinski definition) is 6. The Morgan fingerprint density at radius 1 is 0.889 bits per heavy atom. The maximum absolute atomic E-state index is 5.64. The molecule has 0 aliphatic rings. The molecule has 27 heavy (non-hydrogen) atoms. The maximum Gasteiger partial charge on any atom is 0.192 e. The molecule has 0 amide bonds. The van der Waals surface area contributed by atoms with E-state index in [-0.39, 0.29) is 0 Å². The van der Waals surface area contributed by atoms with Crippen molar-refractivity contribution in [1.29, 1.82) is 0 Å². The second-order valence-electron chi connectivity index (χ2n) is 6.20. The number of nitrogens with zero attached hydrogens (tertiary/aromatic N) is 4. The van der Waals surface area contributed by atoms with Crippen molar-refractivity contribution in [2.75, 3.05) is 5.32 Å². The van der Waals surface area contributed by atoms with Crippen LogP contribution in [-0.4, -0.2) is 19.9 Å². The highest BCUT2D eigenvalue weighted by molar-refractivity contribution is 5.94. The average Bonchev–Trinajstić information content (AvgIpc) is 3.08. The van der Waals surface area contributed by atoms with E-state index in [9.17, 15) is 0 Å². The van der Waals surface area contributed by atoms with Crippen molar-refractivity contribution in [3.8, 4) is 11.3 Å². The van der Waals surface area contributed by atoms with Gasteiger partial charge in [0, 0.05) is 48.2 Å². The van der Waals surface area contributed by atoms with Gasteiger partial charge in [0.2, 0.25) is 0 Å². The summed E-state index contributed by atoms with van der Waals surface area (Å²) in [6.07, 6.45) is 5.30. The molecule has 0 bridgehead atoms. The molecule has 1 aromatic carbocycles. The Morgan fingerprint density at radius 3 is 2.67 bits per heavy atom. The summed E-state index contributed by atoms with van der Waals surface area (Å²) < 4.78 is 5.64. The van der Waals surface area contributed by atoms with Crippen LogP contribution in [0.2, 0.25) is 0 Å². The molecule has 0 atom stereocenters. The van der Waals surface area contributed by atoms with Crippen molar-refractivity contribution in [1.82, 2.24) is 19.9 Å². The molecule has 0 aliphatic carbocycles. The van der Waals surface area contributed by atoms with Crippen LogP contribution in [0.15, 0.2) is 71.5 Å². The Kier molecular flexibility index (Phi) is 3.53. The third kappa shape index (κ3) is 2.87. The second-order valence-corrected chi connectivity index (χ2v) is 6.20. The summed E-state index contributed by atoms with van der Waals surface area (Å²) in [5.41, 5.74) is 5.15. The summed E-state index contributed by atoms with van der Waals surface area (Å²) in [5, 5.41) is 4.35. The minimum absolute atomic E-state index is 0.648. The number of pyridine rings is 3. The van der Waals surface area contributed by atoms with Crippen LogP contribution in [0.1, 0.15) is 5.89 Å². The molecule has 0 saturated heterocycles. The highest BCUT2D eigenvalue weighted by atomic mass is 16.3. The predicted octanol–water partition coefficient (Wildman–Crippen LogP) is 4.89. The van der Waals surface area contributed by atoms with E-state index >= 15 is 0 Å². The zero-order chi connectivity index (χ0) is 18.2. The van der Waals surface area contributed by atoms with Gasteiger partial charge in [-0.25, -0.2) is 9.97 Å². The molecule has 6 nitrogen and oxygen atoms in total. The van der Waals surface area contributed by atoms with E-state index in [1.54, 1.807) is 18.6 Å². The quantitative estimate of drug-likeness (QED) is 0.498. The lowest BCUT2D eigenvalue weighted by Gasteiger charge is -2.11. The van der Waals surface area contributed by atoms with Gasteiger partial charge in [-0.05, 0) is 42.5 Å². The topological polar surface area (TPSA) is 76.7 Å². The summed E-state index contributed by atoms with van der Waals surface area (Å²) in [6.45, 7) is 1.84. The first-order chi connectivity index (χ1) is 13.3. The van der Waals surface area contributed by atoms with Crippen LogP contribution in [0.5, 0.6) is 0 Å². The Balaban J connectivity index is 1.64. The molecule has 0 saturated carbocycles. The van der Waals surface area contributed by atoms with Crippen LogP contribution in [0, 0.1) is 6.92 Å². The van der Waals surface area contributed by atoms with E-state index in [4.69, 9.17) is 9.40 Å². The Morgan fingerprint density at radius 2 is 1.78 bits per heavy atom. The van der Waals surface area contributed by atoms with E-state index in [1.807, 2.05) is 55.5 Å². The Hall–Kier alpha value is -3.80. The van der Waals surface area contributed by atoms with Crippen molar-refractivity contribution < 1.29 is 4.42 Å². The normalized spacial score (nSPS) is 11.1. The molecule has 130 valence electrons. The molecule has 4 aromatic heterocycles. The fourth-order valence-electron chi connectivity index (χ4n) is 3.10. The van der Waals surface area contributed by atoms with Gasteiger partial charge in [0.05, 0.1) is 11.2 Å². The summed E-state index contributed by atoms with van der Waals surface area (Å²) in [7, 11) is 0. The lowest BCUT2D eigenvalue weighted by atomic mass is 10.1. The Bertz CT molecular complexity index is 1260. The smallest absolute Gasteiger partial charge is 0.192 e. The number of hydrogen-bond donors (Lipinski definition) is 1. The van der Waals surface area contributed by atoms with Gasteiger partial charge >= 0.3 is 0 Å². The van der Waals surface area contributed by atoms with E-state index < -0.39 is 0 Å². The summed E-state index contributed by atoms with van der Waals surface area (Å²) in [4.78, 5) is 17.7. The standard InChI is InChI=1S/C21H15N5O/c1-13-24-17-5-4-15(11-20(17)27-13)25-21-16-3-2-8-23-19(16)12-18(26-21)14-6-9-22-10-7-14/h2-12H,1H3,(H,25,26). The number of aryl methyl sites for hydroxylation is 1. The van der Waals surface area contributed by atoms with Gasteiger partial charge in [0.15, 0.2) is 11.5 Å². The number of anilines is 2. The van der Waals surface area contributed by atoms with Gasteiger partial charge in [-0.1, -0.05) is 0 Å². The van der Waals surface area contributed by atoms with Crippen LogP contribution in [0.25, 0.3) is 33.3 Å². The number of fused-ring (bicyclic) bond motifs is 2. The van der Waals surface area contributed by atoms with E-state index in [2.05, 4.69) is 20.3 Å². The van der Waals surface area contributed by atoms with Gasteiger partial charge in [-0.3, -0.25) is 9.97 Å². The van der Waals surface area contributed by atoms with E-state index in [0.717, 1.165) is 44.8 Å². The van der Waals surface area contributed by atoms with E-state index in [0.29, 0.717) is 5.89 Å². The molecule has 0 spiro atoms. The summed E-state index contributed by atoms with van der Waals surface area (Å²) in [6, 6.07) is 15.6. The van der Waals surface area contributed by atoms with Gasteiger partial charge in [0.25, 0.3) is 0 Å². The third-order valence-corrected chi connectivity index (χ3v) is 4.33. The van der Waals surface area contributed by atoms with E-state index in [1.165, 1.54) is 0 Å². The first kappa shape index (κ1) is 15.5. The number of nitrogens with one attached hydrogen (secondary N) is 1. The summed E-state index contributed by atoms with van der Waals surface area (Å²) >= 11 is 0. The molecule has 0 fully saturated rings. The maximum atomic E-state index is 5.64. The lowest BCUT2D eigenvalue weighted by Crippen LogP contribution is -1.97. The van der Waals surface area contributed by atoms with Crippen LogP contribution in [-0.2, 0) is 0 Å². The largest absolute Gasteiger partial charge is 0.441 e. The number of rotatable bonds is 3. The molecular weight excluding hydrogens is 338 g/mol. The zero-order valence-corrected chi connectivity index (χ0v) is 14.5. The molecular formula is C21H15N5O. The van der Waals surface area contributed by atoms with Crippen molar-refractivity contribution in [3.05, 3.63) is 73.0 Å². The first-order valence-electron chi connectivity index (χ1n) is 8.57. The van der Waals surface area contributed by atoms with Crippen LogP contribution >= 0.6 is 0 Å². The molecule has 0 radical (unpaired) electrons. The van der Waals surface area contributed by atoms with Crippen LogP contribution in [0.4, 0.5) is 11.5 Å². The second kappa shape index (κ2) is 6.17. The summed E-state index contributed by atoms with van der Waals surface area (Å²) in [5.74, 6) is 1.39. The highest BCUT2D eigenvalue weighted by Crippen LogP contribution is 2.29. The predicted molar refractivity (Wildman–Crippen MR) is 105 cm³/mol. The molecule has 6 heteroatoms. The van der Waals surface area contributed by atoms with Gasteiger partial charge < -0.3 is 9.73 Å². The van der Waals surface area contributed by atoms with Crippen molar-refractivity contribution >= 4 is 33.5 Å². The van der Waals surface area contributed by atoms with Crippen LogP contribution in [0.3, 0.4) is 0 Å². The van der Waals surface area contributed by atoms with Gasteiger partial charge in [-0.2, -0.15) is 0 Å².